The van der Waals surface area contributed by atoms with E-state index >= 15 is 0 Å². The Labute approximate surface area is 144 Å². The summed E-state index contributed by atoms with van der Waals surface area (Å²) in [5.41, 5.74) is 0. The normalized spacial score (nSPS) is 15.7. The van der Waals surface area contributed by atoms with Crippen molar-refractivity contribution < 1.29 is 4.79 Å². The van der Waals surface area contributed by atoms with Crippen LogP contribution in [0.3, 0.4) is 0 Å². The van der Waals surface area contributed by atoms with E-state index in [0.717, 1.165) is 22.4 Å². The summed E-state index contributed by atoms with van der Waals surface area (Å²) in [5.74, 6) is 1.99. The fourth-order valence-corrected chi connectivity index (χ4v) is 4.38. The second-order valence-electron chi connectivity index (χ2n) is 5.94. The summed E-state index contributed by atoms with van der Waals surface area (Å²) in [6, 6.07) is 4.03. The van der Waals surface area contributed by atoms with Gasteiger partial charge in [0.25, 0.3) is 0 Å². The molecule has 124 valence electrons. The maximum absolute atomic E-state index is 12.0. The summed E-state index contributed by atoms with van der Waals surface area (Å²) in [6.07, 6.45) is 6.46. The van der Waals surface area contributed by atoms with Crippen LogP contribution in [0.15, 0.2) is 22.7 Å². The fourth-order valence-electron chi connectivity index (χ4n) is 2.89. The number of nitrogens with zero attached hydrogens (tertiary/aromatic N) is 3. The molecule has 0 unspecified atom stereocenters. The lowest BCUT2D eigenvalue weighted by Crippen LogP contribution is -2.31. The molecule has 0 radical (unpaired) electrons. The zero-order valence-corrected chi connectivity index (χ0v) is 15.0. The number of hydrogen-bond acceptors (Lipinski definition) is 5. The topological polar surface area (TPSA) is 59.8 Å². The van der Waals surface area contributed by atoms with Gasteiger partial charge in [-0.15, -0.1) is 21.5 Å². The Morgan fingerprint density at radius 3 is 2.96 bits per heavy atom. The summed E-state index contributed by atoms with van der Waals surface area (Å²) in [6.45, 7) is 0.818. The molecule has 0 spiro atoms. The largest absolute Gasteiger partial charge is 0.355 e. The van der Waals surface area contributed by atoms with Gasteiger partial charge in [-0.05, 0) is 30.2 Å². The highest BCUT2D eigenvalue weighted by Gasteiger charge is 2.16. The van der Waals surface area contributed by atoms with Gasteiger partial charge < -0.3 is 9.88 Å². The lowest BCUT2D eigenvalue weighted by atomic mass is 9.89. The molecule has 0 aliphatic heterocycles. The van der Waals surface area contributed by atoms with Gasteiger partial charge in [0.15, 0.2) is 11.0 Å². The van der Waals surface area contributed by atoms with Crippen molar-refractivity contribution >= 4 is 29.0 Å². The molecule has 5 nitrogen and oxygen atoms in total. The highest BCUT2D eigenvalue weighted by atomic mass is 32.2. The second kappa shape index (κ2) is 7.97. The van der Waals surface area contributed by atoms with Crippen LogP contribution in [0.5, 0.6) is 0 Å². The zero-order chi connectivity index (χ0) is 16.1. The van der Waals surface area contributed by atoms with Crippen molar-refractivity contribution in [1.29, 1.82) is 0 Å². The highest BCUT2D eigenvalue weighted by Crippen LogP contribution is 2.26. The first-order chi connectivity index (χ1) is 11.2. The number of carbonyl (C=O) groups is 1. The van der Waals surface area contributed by atoms with Crippen LogP contribution in [0.2, 0.25) is 0 Å². The predicted molar refractivity (Wildman–Crippen MR) is 94.6 cm³/mol. The van der Waals surface area contributed by atoms with Crippen LogP contribution < -0.4 is 5.32 Å². The monoisotopic (exact) mass is 350 g/mol. The van der Waals surface area contributed by atoms with Gasteiger partial charge in [-0.3, -0.25) is 4.79 Å². The Morgan fingerprint density at radius 1 is 1.39 bits per heavy atom. The Kier molecular flexibility index (Phi) is 5.72. The molecular formula is C16H22N4OS2. The van der Waals surface area contributed by atoms with Crippen LogP contribution in [-0.2, 0) is 11.8 Å². The summed E-state index contributed by atoms with van der Waals surface area (Å²) < 4.78 is 1.95. The molecule has 7 heteroatoms. The van der Waals surface area contributed by atoms with Crippen LogP contribution in [-0.4, -0.2) is 33.0 Å². The first-order valence-corrected chi connectivity index (χ1v) is 9.93. The number of aromatic nitrogens is 3. The average Bonchev–Trinajstić information content (AvgIpc) is 3.22. The van der Waals surface area contributed by atoms with E-state index in [9.17, 15) is 4.79 Å². The minimum atomic E-state index is 0.0845. The number of thiophene rings is 1. The third-order valence-corrected chi connectivity index (χ3v) is 6.11. The minimum absolute atomic E-state index is 0.0845. The van der Waals surface area contributed by atoms with Crippen LogP contribution in [0, 0.1) is 5.92 Å². The summed E-state index contributed by atoms with van der Waals surface area (Å²) >= 11 is 3.08. The number of hydrogen-bond donors (Lipinski definition) is 1. The molecule has 0 bridgehead atoms. The average molecular weight is 351 g/mol. The first kappa shape index (κ1) is 16.5. The molecule has 2 aromatic heterocycles. The van der Waals surface area contributed by atoms with Crippen molar-refractivity contribution in [1.82, 2.24) is 20.1 Å². The first-order valence-electron chi connectivity index (χ1n) is 8.07. The fraction of sp³-hybridized carbons (Fsp3) is 0.562. The quantitative estimate of drug-likeness (QED) is 0.812. The molecule has 1 aliphatic rings. The molecule has 1 amide bonds. The molecule has 1 N–H and O–H groups in total. The van der Waals surface area contributed by atoms with Crippen LogP contribution in [0.1, 0.15) is 32.1 Å². The van der Waals surface area contributed by atoms with Gasteiger partial charge in [-0.25, -0.2) is 0 Å². The van der Waals surface area contributed by atoms with Crippen molar-refractivity contribution in [3.8, 4) is 10.7 Å². The Hall–Kier alpha value is -1.34. The molecule has 1 saturated carbocycles. The molecule has 3 rings (SSSR count). The number of nitrogens with one attached hydrogen (secondary N) is 1. The van der Waals surface area contributed by atoms with Gasteiger partial charge in [0, 0.05) is 13.6 Å². The number of rotatable bonds is 6. The number of carbonyl (C=O) groups excluding carboxylic acids is 1. The van der Waals surface area contributed by atoms with Crippen molar-refractivity contribution in [3.63, 3.8) is 0 Å². The molecule has 0 aromatic carbocycles. The molecule has 1 fully saturated rings. The van der Waals surface area contributed by atoms with Crippen LogP contribution in [0.25, 0.3) is 10.7 Å². The SMILES string of the molecule is Cn1c(SCC(=O)NCC2CCCCC2)nnc1-c1cccs1. The van der Waals surface area contributed by atoms with Crippen LogP contribution in [0.4, 0.5) is 0 Å². The maximum atomic E-state index is 12.0. The van der Waals surface area contributed by atoms with Crippen molar-refractivity contribution in [2.45, 2.75) is 37.3 Å². The maximum Gasteiger partial charge on any atom is 0.230 e. The van der Waals surface area contributed by atoms with E-state index in [1.165, 1.54) is 43.9 Å². The molecule has 0 atom stereocenters. The third kappa shape index (κ3) is 4.35. The summed E-state index contributed by atoms with van der Waals surface area (Å²) in [4.78, 5) is 13.1. The van der Waals surface area contributed by atoms with Crippen LogP contribution >= 0.6 is 23.1 Å². The van der Waals surface area contributed by atoms with E-state index in [-0.39, 0.29) is 5.91 Å². The third-order valence-electron chi connectivity index (χ3n) is 4.22. The predicted octanol–water partition coefficient (Wildman–Crippen LogP) is 3.33. The molecule has 2 heterocycles. The van der Waals surface area contributed by atoms with Gasteiger partial charge in [0.2, 0.25) is 5.91 Å². The van der Waals surface area contributed by atoms with E-state index in [1.807, 2.05) is 29.1 Å². The van der Waals surface area contributed by atoms with E-state index in [4.69, 9.17) is 0 Å². The molecular weight excluding hydrogens is 328 g/mol. The van der Waals surface area contributed by atoms with Crippen molar-refractivity contribution in [2.75, 3.05) is 12.3 Å². The highest BCUT2D eigenvalue weighted by molar-refractivity contribution is 7.99. The molecule has 23 heavy (non-hydrogen) atoms. The molecule has 2 aromatic rings. The van der Waals surface area contributed by atoms with Gasteiger partial charge in [-0.1, -0.05) is 37.1 Å². The van der Waals surface area contributed by atoms with Gasteiger partial charge in [0.1, 0.15) is 0 Å². The lowest BCUT2D eigenvalue weighted by Gasteiger charge is -2.21. The van der Waals surface area contributed by atoms with Gasteiger partial charge in [0.05, 0.1) is 10.6 Å². The minimum Gasteiger partial charge on any atom is -0.355 e. The number of amides is 1. The molecule has 0 saturated heterocycles. The van der Waals surface area contributed by atoms with Crippen molar-refractivity contribution in [2.24, 2.45) is 13.0 Å². The second-order valence-corrected chi connectivity index (χ2v) is 7.83. The standard InChI is InChI=1S/C16H22N4OS2/c1-20-15(13-8-5-9-22-13)18-19-16(20)23-11-14(21)17-10-12-6-3-2-4-7-12/h5,8-9,12H,2-4,6-7,10-11H2,1H3,(H,17,21). The molecule has 1 aliphatic carbocycles. The smallest absolute Gasteiger partial charge is 0.230 e. The lowest BCUT2D eigenvalue weighted by molar-refractivity contribution is -0.118. The van der Waals surface area contributed by atoms with E-state index in [2.05, 4.69) is 15.5 Å². The summed E-state index contributed by atoms with van der Waals surface area (Å²) in [5, 5.41) is 14.3. The van der Waals surface area contributed by atoms with E-state index in [0.29, 0.717) is 11.7 Å². The number of thioether (sulfide) groups is 1. The Balaban J connectivity index is 1.47. The summed E-state index contributed by atoms with van der Waals surface area (Å²) in [7, 11) is 1.94. The zero-order valence-electron chi connectivity index (χ0n) is 13.3. The Morgan fingerprint density at radius 2 is 2.22 bits per heavy atom. The van der Waals surface area contributed by atoms with E-state index < -0.39 is 0 Å². The van der Waals surface area contributed by atoms with Gasteiger partial charge >= 0.3 is 0 Å². The van der Waals surface area contributed by atoms with E-state index in [1.54, 1.807) is 11.3 Å². The Bertz CT molecular complexity index is 633. The van der Waals surface area contributed by atoms with Gasteiger partial charge in [-0.2, -0.15) is 0 Å². The van der Waals surface area contributed by atoms with Crippen molar-refractivity contribution in [3.05, 3.63) is 17.5 Å².